The fourth-order valence-electron chi connectivity index (χ4n) is 0.933. The van der Waals surface area contributed by atoms with E-state index in [1.165, 1.54) is 5.56 Å². The van der Waals surface area contributed by atoms with Crippen LogP contribution in [-0.4, -0.2) is 19.0 Å². The summed E-state index contributed by atoms with van der Waals surface area (Å²) < 4.78 is 1.10. The van der Waals surface area contributed by atoms with Gasteiger partial charge in [0.15, 0.2) is 0 Å². The number of benzene rings is 1. The molecular weight excluding hydrogens is 234 g/mol. The highest BCUT2D eigenvalue weighted by atomic mass is 79.9. The van der Waals surface area contributed by atoms with Gasteiger partial charge < -0.3 is 0 Å². The summed E-state index contributed by atoms with van der Waals surface area (Å²) in [7, 11) is 4.03. The average molecular weight is 246 g/mol. The van der Waals surface area contributed by atoms with E-state index in [0.29, 0.717) is 0 Å². The molecule has 0 amide bonds. The third kappa shape index (κ3) is 2.51. The van der Waals surface area contributed by atoms with Crippen LogP contribution < -0.4 is 0 Å². The monoisotopic (exact) mass is 245 g/mol. The third-order valence-electron chi connectivity index (χ3n) is 1.66. The summed E-state index contributed by atoms with van der Waals surface area (Å²) in [6.07, 6.45) is 0. The first-order chi connectivity index (χ1) is 5.61. The van der Waals surface area contributed by atoms with Gasteiger partial charge in [0.25, 0.3) is 0 Å². The minimum atomic E-state index is 0.179. The lowest BCUT2D eigenvalue weighted by atomic mass is 10.2. The smallest absolute Gasteiger partial charge is 0.0779 e. The van der Waals surface area contributed by atoms with E-state index in [4.69, 9.17) is 0 Å². The zero-order valence-electron chi connectivity index (χ0n) is 7.16. The normalized spacial score (nSPS) is 13.4. The van der Waals surface area contributed by atoms with Crippen LogP contribution in [0.25, 0.3) is 0 Å². The molecular formula is C9H12BrNS. The van der Waals surface area contributed by atoms with Crippen LogP contribution >= 0.6 is 28.6 Å². The second-order valence-electron chi connectivity index (χ2n) is 2.89. The van der Waals surface area contributed by atoms with E-state index in [-0.39, 0.29) is 5.37 Å². The molecule has 1 atom stereocenters. The maximum absolute atomic E-state index is 4.46. The highest BCUT2D eigenvalue weighted by Gasteiger charge is 2.06. The molecule has 0 heterocycles. The molecule has 1 unspecified atom stereocenters. The Kier molecular flexibility index (Phi) is 3.62. The Labute approximate surface area is 87.3 Å². The molecule has 0 saturated heterocycles. The molecule has 0 saturated carbocycles. The van der Waals surface area contributed by atoms with Gasteiger partial charge in [-0.1, -0.05) is 28.1 Å². The Hall–Kier alpha value is 0.01000. The molecule has 1 nitrogen and oxygen atoms in total. The van der Waals surface area contributed by atoms with Crippen molar-refractivity contribution in [3.8, 4) is 0 Å². The third-order valence-corrected chi connectivity index (χ3v) is 2.95. The summed E-state index contributed by atoms with van der Waals surface area (Å²) in [6, 6.07) is 8.20. The van der Waals surface area contributed by atoms with Gasteiger partial charge >= 0.3 is 0 Å². The van der Waals surface area contributed by atoms with Gasteiger partial charge in [-0.2, -0.15) is 12.6 Å². The molecule has 0 radical (unpaired) electrons. The maximum atomic E-state index is 4.46. The number of halogens is 1. The number of thiol groups is 1. The maximum Gasteiger partial charge on any atom is 0.0779 e. The highest BCUT2D eigenvalue weighted by molar-refractivity contribution is 9.10. The molecule has 3 heteroatoms. The van der Waals surface area contributed by atoms with Crippen LogP contribution in [0.4, 0.5) is 0 Å². The Balaban J connectivity index is 2.82. The molecule has 0 fully saturated rings. The van der Waals surface area contributed by atoms with Crippen molar-refractivity contribution in [3.63, 3.8) is 0 Å². The van der Waals surface area contributed by atoms with Crippen molar-refractivity contribution in [3.05, 3.63) is 34.3 Å². The Morgan fingerprint density at radius 1 is 1.25 bits per heavy atom. The Morgan fingerprint density at radius 3 is 2.17 bits per heavy atom. The number of hydrogen-bond acceptors (Lipinski definition) is 2. The lowest BCUT2D eigenvalue weighted by Gasteiger charge is -2.18. The van der Waals surface area contributed by atoms with Crippen molar-refractivity contribution in [2.24, 2.45) is 0 Å². The first-order valence-electron chi connectivity index (χ1n) is 3.71. The molecule has 0 aliphatic carbocycles. The van der Waals surface area contributed by atoms with E-state index < -0.39 is 0 Å². The molecule has 0 aliphatic rings. The molecule has 0 aromatic heterocycles. The Morgan fingerprint density at radius 2 is 1.75 bits per heavy atom. The first-order valence-corrected chi connectivity index (χ1v) is 5.02. The van der Waals surface area contributed by atoms with Crippen LogP contribution in [0.5, 0.6) is 0 Å². The van der Waals surface area contributed by atoms with Crippen molar-refractivity contribution in [1.82, 2.24) is 4.90 Å². The van der Waals surface area contributed by atoms with Crippen LogP contribution in [0, 0.1) is 0 Å². The topological polar surface area (TPSA) is 3.24 Å². The molecule has 0 aliphatic heterocycles. The van der Waals surface area contributed by atoms with Gasteiger partial charge in [-0.05, 0) is 31.8 Å². The minimum absolute atomic E-state index is 0.179. The van der Waals surface area contributed by atoms with E-state index in [1.54, 1.807) is 0 Å². The van der Waals surface area contributed by atoms with Gasteiger partial charge in [0, 0.05) is 4.47 Å². The van der Waals surface area contributed by atoms with E-state index in [2.05, 4.69) is 45.6 Å². The van der Waals surface area contributed by atoms with Gasteiger partial charge in [-0.25, -0.2) is 0 Å². The summed E-state index contributed by atoms with van der Waals surface area (Å²) in [5.74, 6) is 0. The zero-order chi connectivity index (χ0) is 9.14. The average Bonchev–Trinajstić information content (AvgIpc) is 2.04. The molecule has 12 heavy (non-hydrogen) atoms. The van der Waals surface area contributed by atoms with Crippen LogP contribution in [0.15, 0.2) is 28.7 Å². The second-order valence-corrected chi connectivity index (χ2v) is 4.29. The van der Waals surface area contributed by atoms with E-state index in [1.807, 2.05) is 26.2 Å². The summed E-state index contributed by atoms with van der Waals surface area (Å²) in [5.41, 5.74) is 1.21. The lowest BCUT2D eigenvalue weighted by Crippen LogP contribution is -2.14. The Bertz CT molecular complexity index is 245. The fourth-order valence-corrected chi connectivity index (χ4v) is 1.37. The molecule has 0 spiro atoms. The largest absolute Gasteiger partial charge is 0.294 e. The predicted molar refractivity (Wildman–Crippen MR) is 59.6 cm³/mol. The quantitative estimate of drug-likeness (QED) is 0.620. The van der Waals surface area contributed by atoms with Crippen LogP contribution in [-0.2, 0) is 0 Å². The van der Waals surface area contributed by atoms with Gasteiger partial charge in [-0.15, -0.1) is 0 Å². The molecule has 1 rings (SSSR count). The molecule has 1 aromatic carbocycles. The summed E-state index contributed by atoms with van der Waals surface area (Å²) >= 11 is 7.85. The van der Waals surface area contributed by atoms with Gasteiger partial charge in [-0.3, -0.25) is 4.90 Å². The number of nitrogens with zero attached hydrogens (tertiary/aromatic N) is 1. The van der Waals surface area contributed by atoms with Crippen molar-refractivity contribution in [1.29, 1.82) is 0 Å². The van der Waals surface area contributed by atoms with E-state index >= 15 is 0 Å². The minimum Gasteiger partial charge on any atom is -0.294 e. The number of hydrogen-bond donors (Lipinski definition) is 1. The lowest BCUT2D eigenvalue weighted by molar-refractivity contribution is 0.393. The second kappa shape index (κ2) is 4.30. The van der Waals surface area contributed by atoms with E-state index in [0.717, 1.165) is 4.47 Å². The highest BCUT2D eigenvalue weighted by Crippen LogP contribution is 2.23. The predicted octanol–water partition coefficient (Wildman–Crippen LogP) is 2.94. The molecule has 0 N–H and O–H groups in total. The van der Waals surface area contributed by atoms with Gasteiger partial charge in [0.05, 0.1) is 5.37 Å². The summed E-state index contributed by atoms with van der Waals surface area (Å²) in [5, 5.41) is 0.179. The van der Waals surface area contributed by atoms with Crippen LogP contribution in [0.3, 0.4) is 0 Å². The van der Waals surface area contributed by atoms with Crippen molar-refractivity contribution < 1.29 is 0 Å². The van der Waals surface area contributed by atoms with Crippen LogP contribution in [0.1, 0.15) is 10.9 Å². The van der Waals surface area contributed by atoms with Gasteiger partial charge in [0.2, 0.25) is 0 Å². The summed E-state index contributed by atoms with van der Waals surface area (Å²) in [6.45, 7) is 0. The standard InChI is InChI=1S/C9H12BrNS/c1-11(2)9(12)7-3-5-8(10)6-4-7/h3-6,9,12H,1-2H3. The SMILES string of the molecule is CN(C)C(S)c1ccc(Br)cc1. The van der Waals surface area contributed by atoms with Crippen LogP contribution in [0.2, 0.25) is 0 Å². The number of rotatable bonds is 2. The summed E-state index contributed by atoms with van der Waals surface area (Å²) in [4.78, 5) is 2.06. The molecule has 66 valence electrons. The molecule has 1 aromatic rings. The first kappa shape index (κ1) is 10.1. The van der Waals surface area contributed by atoms with Crippen molar-refractivity contribution in [2.75, 3.05) is 14.1 Å². The van der Waals surface area contributed by atoms with E-state index in [9.17, 15) is 0 Å². The zero-order valence-corrected chi connectivity index (χ0v) is 9.64. The van der Waals surface area contributed by atoms with Crippen molar-refractivity contribution >= 4 is 28.6 Å². The molecule has 0 bridgehead atoms. The van der Waals surface area contributed by atoms with Gasteiger partial charge in [0.1, 0.15) is 0 Å². The fraction of sp³-hybridized carbons (Fsp3) is 0.333. The van der Waals surface area contributed by atoms with Crippen molar-refractivity contribution in [2.45, 2.75) is 5.37 Å².